The maximum Gasteiger partial charge on any atom is 0.134 e. The first-order valence-corrected chi connectivity index (χ1v) is 15.1. The number of fused-ring (bicyclic) bond motifs is 4. The van der Waals surface area contributed by atoms with E-state index in [4.69, 9.17) is 8.75 Å². The molecule has 0 N–H and O–H groups in total. The summed E-state index contributed by atoms with van der Waals surface area (Å²) < 4.78 is 18.7. The molecule has 10 heteroatoms. The lowest BCUT2D eigenvalue weighted by Crippen LogP contribution is -2.25. The van der Waals surface area contributed by atoms with Crippen LogP contribution in [-0.2, 0) is 0 Å². The number of hydrogen-bond acceptors (Lipinski definition) is 10. The minimum absolute atomic E-state index is 0.622. The van der Waals surface area contributed by atoms with E-state index in [1.165, 1.54) is 116 Å². The van der Waals surface area contributed by atoms with Crippen molar-refractivity contribution in [3.63, 3.8) is 0 Å². The largest absolute Gasteiger partial charge is 0.302 e. The van der Waals surface area contributed by atoms with E-state index in [1.807, 2.05) is 23.5 Å². The number of thioether (sulfide) groups is 2. The highest BCUT2D eigenvalue weighted by molar-refractivity contribution is 7.99. The van der Waals surface area contributed by atoms with Gasteiger partial charge in [0, 0.05) is 38.0 Å². The molecule has 4 saturated heterocycles. The quantitative estimate of drug-likeness (QED) is 0.378. The fraction of sp³-hybridized carbons (Fsp3) is 0.810. The van der Waals surface area contributed by atoms with Gasteiger partial charge < -0.3 is 9.80 Å². The molecule has 4 fully saturated rings. The second-order valence-corrected chi connectivity index (χ2v) is 12.7. The molecule has 6 atom stereocenters. The lowest BCUT2D eigenvalue weighted by atomic mass is 9.89. The van der Waals surface area contributed by atoms with Crippen molar-refractivity contribution in [2.45, 2.75) is 54.0 Å². The average molecular weight is 495 g/mol. The van der Waals surface area contributed by atoms with Crippen LogP contribution in [0.1, 0.15) is 55.3 Å². The van der Waals surface area contributed by atoms with E-state index in [0.29, 0.717) is 11.8 Å². The van der Waals surface area contributed by atoms with Crippen LogP contribution in [0.4, 0.5) is 0 Å². The Morgan fingerprint density at radius 3 is 1.84 bits per heavy atom. The molecule has 0 saturated carbocycles. The molecule has 0 amide bonds. The number of piperidine rings is 2. The maximum atomic E-state index is 4.73. The average Bonchev–Trinajstić information content (AvgIpc) is 3.60. The van der Waals surface area contributed by atoms with Gasteiger partial charge >= 0.3 is 0 Å². The Bertz CT molecular complexity index is 887. The minimum atomic E-state index is 0.622. The summed E-state index contributed by atoms with van der Waals surface area (Å²) in [6, 6.07) is 0. The van der Waals surface area contributed by atoms with Crippen LogP contribution in [0.25, 0.3) is 0 Å². The number of rotatable bonds is 9. The van der Waals surface area contributed by atoms with E-state index in [9.17, 15) is 0 Å². The third-order valence-electron chi connectivity index (χ3n) is 7.58. The molecule has 2 aromatic heterocycles. The zero-order valence-corrected chi connectivity index (χ0v) is 21.1. The van der Waals surface area contributed by atoms with Gasteiger partial charge in [0.05, 0.1) is 34.8 Å². The summed E-state index contributed by atoms with van der Waals surface area (Å²) in [6.45, 7) is 7.51. The smallest absolute Gasteiger partial charge is 0.134 e. The second-order valence-electron chi connectivity index (χ2n) is 9.50. The Morgan fingerprint density at radius 1 is 0.710 bits per heavy atom. The van der Waals surface area contributed by atoms with Gasteiger partial charge in [-0.1, -0.05) is 0 Å². The van der Waals surface area contributed by atoms with Crippen molar-refractivity contribution in [2.24, 2.45) is 11.8 Å². The van der Waals surface area contributed by atoms with E-state index in [-0.39, 0.29) is 0 Å². The van der Waals surface area contributed by atoms with Crippen LogP contribution in [0.3, 0.4) is 0 Å². The molecule has 4 aliphatic heterocycles. The first-order chi connectivity index (χ1) is 15.3. The van der Waals surface area contributed by atoms with Crippen molar-refractivity contribution >= 4 is 47.0 Å². The van der Waals surface area contributed by atoms with E-state index >= 15 is 0 Å². The molecule has 0 radical (unpaired) electrons. The summed E-state index contributed by atoms with van der Waals surface area (Å²) in [5.41, 5.74) is 2.60. The van der Waals surface area contributed by atoms with Gasteiger partial charge in [-0.25, -0.2) is 0 Å². The third kappa shape index (κ3) is 4.45. The van der Waals surface area contributed by atoms with Gasteiger partial charge in [-0.2, -0.15) is 17.5 Å². The van der Waals surface area contributed by atoms with Gasteiger partial charge in [-0.15, -0.1) is 23.5 Å². The Hall–Kier alpha value is -0.260. The van der Waals surface area contributed by atoms with Gasteiger partial charge in [0.25, 0.3) is 0 Å². The second kappa shape index (κ2) is 9.54. The van der Waals surface area contributed by atoms with Crippen molar-refractivity contribution in [3.05, 3.63) is 11.4 Å². The number of nitrogens with zero attached hydrogens (tertiary/aromatic N) is 6. The van der Waals surface area contributed by atoms with Crippen LogP contribution >= 0.6 is 47.0 Å². The highest BCUT2D eigenvalue weighted by Crippen LogP contribution is 2.43. The molecule has 168 valence electrons. The molecule has 6 nitrogen and oxygen atoms in total. The lowest BCUT2D eigenvalue weighted by molar-refractivity contribution is 0.269. The molecule has 6 unspecified atom stereocenters. The number of aromatic nitrogens is 4. The summed E-state index contributed by atoms with van der Waals surface area (Å²) in [7, 11) is 0. The topological polar surface area (TPSA) is 58.0 Å². The van der Waals surface area contributed by atoms with E-state index < -0.39 is 0 Å². The van der Waals surface area contributed by atoms with E-state index in [2.05, 4.69) is 18.5 Å². The summed E-state index contributed by atoms with van der Waals surface area (Å²) in [5, 5.41) is 2.43. The van der Waals surface area contributed by atoms with Crippen LogP contribution in [0, 0.1) is 11.8 Å². The van der Waals surface area contributed by atoms with Crippen LogP contribution in [-0.4, -0.2) is 78.1 Å². The van der Waals surface area contributed by atoms with Crippen molar-refractivity contribution in [1.82, 2.24) is 27.3 Å². The van der Waals surface area contributed by atoms with Crippen LogP contribution in [0.5, 0.6) is 0 Å². The highest BCUT2D eigenvalue weighted by Gasteiger charge is 2.41. The Balaban J connectivity index is 0.955. The SMILES string of the molecule is C(CCSc1nsnc1C1CN2CCC1C2)CSc1nsnc1C1CN2CCCC1C2. The van der Waals surface area contributed by atoms with Crippen LogP contribution in [0.15, 0.2) is 10.1 Å². The fourth-order valence-corrected chi connectivity index (χ4v) is 9.53. The summed E-state index contributed by atoms with van der Waals surface area (Å²) in [4.78, 5) is 5.22. The van der Waals surface area contributed by atoms with Crippen molar-refractivity contribution < 1.29 is 0 Å². The fourth-order valence-electron chi connectivity index (χ4n) is 5.99. The highest BCUT2D eigenvalue weighted by atomic mass is 32.2. The van der Waals surface area contributed by atoms with Crippen molar-refractivity contribution in [3.8, 4) is 0 Å². The van der Waals surface area contributed by atoms with Crippen LogP contribution < -0.4 is 0 Å². The summed E-state index contributed by atoms with van der Waals surface area (Å²) in [6.07, 6.45) is 6.52. The zero-order chi connectivity index (χ0) is 20.6. The summed E-state index contributed by atoms with van der Waals surface area (Å²) in [5.74, 6) is 5.16. The lowest BCUT2D eigenvalue weighted by Gasteiger charge is -2.21. The Labute approximate surface area is 201 Å². The zero-order valence-electron chi connectivity index (χ0n) is 17.8. The van der Waals surface area contributed by atoms with E-state index in [0.717, 1.165) is 23.3 Å². The number of hydrogen-bond donors (Lipinski definition) is 0. The van der Waals surface area contributed by atoms with Crippen molar-refractivity contribution in [2.75, 3.05) is 50.8 Å². The van der Waals surface area contributed by atoms with Crippen LogP contribution in [0.2, 0.25) is 0 Å². The molecular weight excluding hydrogens is 465 g/mol. The summed E-state index contributed by atoms with van der Waals surface area (Å²) >= 11 is 6.68. The predicted molar refractivity (Wildman–Crippen MR) is 130 cm³/mol. The normalized spacial score (nSPS) is 34.1. The molecule has 0 aromatic carbocycles. The molecule has 4 bridgehead atoms. The maximum absolute atomic E-state index is 4.73. The molecule has 0 aliphatic carbocycles. The first kappa shape index (κ1) is 21.3. The molecule has 2 aromatic rings. The standard InChI is InChI=1S/C21H30N6S4/c1(2-9-29-21-19(23-31-25-21)17-13-27-7-5-15(17)11-27)8-28-20-18(22-30-24-20)16-12-26-6-3-4-14(16)10-26/h14-17H,1-13H2. The van der Waals surface area contributed by atoms with Gasteiger partial charge in [0.1, 0.15) is 10.1 Å². The van der Waals surface area contributed by atoms with E-state index in [1.54, 1.807) is 0 Å². The van der Waals surface area contributed by atoms with Gasteiger partial charge in [-0.05, 0) is 68.5 Å². The Kier molecular flexibility index (Phi) is 6.55. The van der Waals surface area contributed by atoms with Crippen molar-refractivity contribution in [1.29, 1.82) is 0 Å². The molecule has 6 rings (SSSR count). The Morgan fingerprint density at radius 2 is 1.29 bits per heavy atom. The molecule has 6 heterocycles. The van der Waals surface area contributed by atoms with Gasteiger partial charge in [0.2, 0.25) is 0 Å². The third-order valence-corrected chi connectivity index (χ3v) is 11.0. The monoisotopic (exact) mass is 494 g/mol. The minimum Gasteiger partial charge on any atom is -0.302 e. The molecule has 31 heavy (non-hydrogen) atoms. The predicted octanol–water partition coefficient (Wildman–Crippen LogP) is 4.28. The van der Waals surface area contributed by atoms with Gasteiger partial charge in [0.15, 0.2) is 0 Å². The van der Waals surface area contributed by atoms with Gasteiger partial charge in [-0.3, -0.25) is 0 Å². The first-order valence-electron chi connectivity index (χ1n) is 11.7. The molecule has 4 aliphatic rings. The molecule has 0 spiro atoms. The molecular formula is C21H30N6S4. The number of unbranched alkanes of at least 4 members (excludes halogenated alkanes) is 1.